The van der Waals surface area contributed by atoms with E-state index < -0.39 is 6.10 Å². The third-order valence-corrected chi connectivity index (χ3v) is 4.05. The summed E-state index contributed by atoms with van der Waals surface area (Å²) >= 11 is 1.36. The maximum atomic E-state index is 11.9. The Hall–Kier alpha value is -1.96. The Morgan fingerprint density at radius 2 is 2.09 bits per heavy atom. The number of amides is 2. The summed E-state index contributed by atoms with van der Waals surface area (Å²) in [6.07, 6.45) is 0.993. The summed E-state index contributed by atoms with van der Waals surface area (Å²) in [6.45, 7) is 1.03. The molecule has 0 aliphatic rings. The van der Waals surface area contributed by atoms with Gasteiger partial charge in [0.2, 0.25) is 0 Å². The zero-order valence-electron chi connectivity index (χ0n) is 13.3. The molecule has 0 fully saturated rings. The molecule has 0 aliphatic carbocycles. The molecule has 2 aromatic rings. The van der Waals surface area contributed by atoms with Gasteiger partial charge >= 0.3 is 6.03 Å². The van der Waals surface area contributed by atoms with E-state index in [9.17, 15) is 9.90 Å². The van der Waals surface area contributed by atoms with Crippen LogP contribution < -0.4 is 10.6 Å². The van der Waals surface area contributed by atoms with Gasteiger partial charge in [-0.3, -0.25) is 5.32 Å². The van der Waals surface area contributed by atoms with Crippen molar-refractivity contribution in [1.29, 1.82) is 0 Å². The van der Waals surface area contributed by atoms with Crippen molar-refractivity contribution in [3.05, 3.63) is 47.5 Å². The number of carbonyl (C=O) groups is 1. The Kier molecular flexibility index (Phi) is 6.52. The molecule has 2 rings (SSSR count). The number of hydrogen-bond acceptors (Lipinski definition) is 5. The first-order valence-corrected chi connectivity index (χ1v) is 8.26. The summed E-state index contributed by atoms with van der Waals surface area (Å²) in [7, 11) is 3.89. The fraction of sp³-hybridized carbons (Fsp3) is 0.375. The van der Waals surface area contributed by atoms with Crippen LogP contribution in [-0.4, -0.2) is 48.2 Å². The van der Waals surface area contributed by atoms with E-state index in [0.29, 0.717) is 18.2 Å². The van der Waals surface area contributed by atoms with Gasteiger partial charge in [0.05, 0.1) is 6.10 Å². The normalized spacial score (nSPS) is 13.6. The molecule has 1 aromatic heterocycles. The quantitative estimate of drug-likeness (QED) is 0.725. The number of thiazole rings is 1. The fourth-order valence-electron chi connectivity index (χ4n) is 2.32. The van der Waals surface area contributed by atoms with Crippen molar-refractivity contribution in [2.24, 2.45) is 5.92 Å². The number of aliphatic hydroxyl groups excluding tert-OH is 1. The van der Waals surface area contributed by atoms with Crippen molar-refractivity contribution in [2.45, 2.75) is 6.10 Å². The summed E-state index contributed by atoms with van der Waals surface area (Å²) in [6, 6.07) is 9.17. The molecule has 0 spiro atoms. The van der Waals surface area contributed by atoms with Crippen molar-refractivity contribution in [2.75, 3.05) is 32.5 Å². The van der Waals surface area contributed by atoms with Gasteiger partial charge in [0.25, 0.3) is 0 Å². The molecule has 1 aromatic carbocycles. The van der Waals surface area contributed by atoms with E-state index in [4.69, 9.17) is 0 Å². The molecule has 0 bridgehead atoms. The minimum atomic E-state index is -0.640. The summed E-state index contributed by atoms with van der Waals surface area (Å²) in [5, 5.41) is 18.4. The Morgan fingerprint density at radius 3 is 2.70 bits per heavy atom. The first-order chi connectivity index (χ1) is 11.1. The van der Waals surface area contributed by atoms with Crippen LogP contribution in [0.15, 0.2) is 41.9 Å². The molecule has 124 valence electrons. The SMILES string of the molecule is CN(C)C[C@@H](CNC(=O)Nc1nccs1)[C@H](O)c1ccccc1. The summed E-state index contributed by atoms with van der Waals surface area (Å²) in [5.41, 5.74) is 0.849. The molecular formula is C16H22N4O2S. The summed E-state index contributed by atoms with van der Waals surface area (Å²) < 4.78 is 0. The highest BCUT2D eigenvalue weighted by atomic mass is 32.1. The first-order valence-electron chi connectivity index (χ1n) is 7.38. The number of urea groups is 1. The van der Waals surface area contributed by atoms with Gasteiger partial charge in [-0.2, -0.15) is 0 Å². The minimum absolute atomic E-state index is 0.116. The molecule has 6 nitrogen and oxygen atoms in total. The van der Waals surface area contributed by atoms with E-state index >= 15 is 0 Å². The van der Waals surface area contributed by atoms with Crippen LogP contribution in [0.4, 0.5) is 9.93 Å². The molecular weight excluding hydrogens is 312 g/mol. The van der Waals surface area contributed by atoms with Crippen molar-refractivity contribution in [1.82, 2.24) is 15.2 Å². The van der Waals surface area contributed by atoms with Crippen molar-refractivity contribution < 1.29 is 9.90 Å². The van der Waals surface area contributed by atoms with Gasteiger partial charge in [0.15, 0.2) is 5.13 Å². The molecule has 0 unspecified atom stereocenters. The van der Waals surface area contributed by atoms with Crippen LogP contribution in [0, 0.1) is 5.92 Å². The highest BCUT2D eigenvalue weighted by Crippen LogP contribution is 2.22. The average molecular weight is 334 g/mol. The molecule has 23 heavy (non-hydrogen) atoms. The number of carbonyl (C=O) groups excluding carboxylic acids is 1. The zero-order valence-corrected chi connectivity index (χ0v) is 14.1. The first kappa shape index (κ1) is 17.4. The van der Waals surface area contributed by atoms with Crippen LogP contribution in [0.1, 0.15) is 11.7 Å². The lowest BCUT2D eigenvalue weighted by Gasteiger charge is -2.26. The second-order valence-corrected chi connectivity index (χ2v) is 6.44. The maximum Gasteiger partial charge on any atom is 0.321 e. The monoisotopic (exact) mass is 334 g/mol. The smallest absolute Gasteiger partial charge is 0.321 e. The molecule has 3 N–H and O–H groups in total. The molecule has 2 amide bonds. The molecule has 0 saturated heterocycles. The Bertz CT molecular complexity index is 589. The number of nitrogens with one attached hydrogen (secondary N) is 2. The predicted octanol–water partition coefficient (Wildman–Crippen LogP) is 2.18. The van der Waals surface area contributed by atoms with Gasteiger partial charge in [-0.1, -0.05) is 30.3 Å². The predicted molar refractivity (Wildman–Crippen MR) is 92.6 cm³/mol. The van der Waals surface area contributed by atoms with E-state index in [0.717, 1.165) is 5.56 Å². The van der Waals surface area contributed by atoms with Gasteiger partial charge in [0.1, 0.15) is 0 Å². The number of nitrogens with zero attached hydrogens (tertiary/aromatic N) is 2. The highest BCUT2D eigenvalue weighted by molar-refractivity contribution is 7.13. The summed E-state index contributed by atoms with van der Waals surface area (Å²) in [4.78, 5) is 17.9. The lowest BCUT2D eigenvalue weighted by molar-refractivity contribution is 0.0911. The topological polar surface area (TPSA) is 77.5 Å². The van der Waals surface area contributed by atoms with Crippen molar-refractivity contribution in [3.8, 4) is 0 Å². The second-order valence-electron chi connectivity index (χ2n) is 5.55. The molecule has 7 heteroatoms. The van der Waals surface area contributed by atoms with Crippen LogP contribution in [0.5, 0.6) is 0 Å². The lowest BCUT2D eigenvalue weighted by atomic mass is 9.95. The van der Waals surface area contributed by atoms with Crippen LogP contribution in [-0.2, 0) is 0 Å². The summed E-state index contributed by atoms with van der Waals surface area (Å²) in [5.74, 6) is -0.116. The van der Waals surface area contributed by atoms with E-state index in [1.54, 1.807) is 11.6 Å². The zero-order chi connectivity index (χ0) is 16.7. The van der Waals surface area contributed by atoms with Crippen LogP contribution in [0.3, 0.4) is 0 Å². The van der Waals surface area contributed by atoms with E-state index in [1.807, 2.05) is 49.3 Å². The van der Waals surface area contributed by atoms with Crippen LogP contribution in [0.2, 0.25) is 0 Å². The van der Waals surface area contributed by atoms with Crippen LogP contribution >= 0.6 is 11.3 Å². The molecule has 1 heterocycles. The number of benzene rings is 1. The third kappa shape index (κ3) is 5.63. The number of hydrogen-bond donors (Lipinski definition) is 3. The van der Waals surface area contributed by atoms with E-state index in [-0.39, 0.29) is 11.9 Å². The Morgan fingerprint density at radius 1 is 1.35 bits per heavy atom. The van der Waals surface area contributed by atoms with E-state index in [2.05, 4.69) is 15.6 Å². The number of aliphatic hydroxyl groups is 1. The molecule has 0 radical (unpaired) electrons. The maximum absolute atomic E-state index is 11.9. The standard InChI is InChI=1S/C16H22N4O2S/c1-20(2)11-13(14(21)12-6-4-3-5-7-12)10-18-15(22)19-16-17-8-9-23-16/h3-9,13-14,21H,10-11H2,1-2H3,(H2,17,18,19,22)/t13-,14-/m1/s1. The molecule has 0 aliphatic heterocycles. The Balaban J connectivity index is 1.94. The molecule has 2 atom stereocenters. The van der Waals surface area contributed by atoms with Gasteiger partial charge in [0, 0.05) is 30.6 Å². The number of aromatic nitrogens is 1. The third-order valence-electron chi connectivity index (χ3n) is 3.36. The second kappa shape index (κ2) is 8.61. The molecule has 0 saturated carbocycles. The highest BCUT2D eigenvalue weighted by Gasteiger charge is 2.22. The van der Waals surface area contributed by atoms with Gasteiger partial charge in [-0.05, 0) is 19.7 Å². The average Bonchev–Trinajstić information content (AvgIpc) is 3.04. The van der Waals surface area contributed by atoms with Crippen LogP contribution in [0.25, 0.3) is 0 Å². The van der Waals surface area contributed by atoms with Crippen molar-refractivity contribution >= 4 is 22.5 Å². The largest absolute Gasteiger partial charge is 0.388 e. The fourth-order valence-corrected chi connectivity index (χ4v) is 2.84. The van der Waals surface area contributed by atoms with E-state index in [1.165, 1.54) is 11.3 Å². The minimum Gasteiger partial charge on any atom is -0.388 e. The number of rotatable bonds is 7. The van der Waals surface area contributed by atoms with Gasteiger partial charge in [-0.25, -0.2) is 9.78 Å². The number of anilines is 1. The lowest BCUT2D eigenvalue weighted by Crippen LogP contribution is -2.39. The van der Waals surface area contributed by atoms with Crippen molar-refractivity contribution in [3.63, 3.8) is 0 Å². The van der Waals surface area contributed by atoms with Gasteiger partial charge < -0.3 is 15.3 Å². The Labute approximate surface area is 140 Å². The van der Waals surface area contributed by atoms with Gasteiger partial charge in [-0.15, -0.1) is 11.3 Å².